The lowest BCUT2D eigenvalue weighted by atomic mass is 10.2. The van der Waals surface area contributed by atoms with Crippen molar-refractivity contribution in [3.05, 3.63) is 40.9 Å². The third kappa shape index (κ3) is 3.38. The Bertz CT molecular complexity index is 459. The fourth-order valence-corrected chi connectivity index (χ4v) is 2.56. The molecule has 0 aliphatic carbocycles. The summed E-state index contributed by atoms with van der Waals surface area (Å²) in [4.78, 5) is 4.67. The molecule has 0 aliphatic rings. The first-order chi connectivity index (χ1) is 8.29. The Morgan fingerprint density at radius 3 is 2.71 bits per heavy atom. The van der Waals surface area contributed by atoms with Crippen molar-refractivity contribution in [2.45, 2.75) is 19.8 Å². The number of thiazole rings is 1. The minimum absolute atomic E-state index is 1.05. The molecule has 0 spiro atoms. The first-order valence-corrected chi connectivity index (χ1v) is 6.83. The van der Waals surface area contributed by atoms with Crippen molar-refractivity contribution >= 4 is 11.3 Å². The highest BCUT2D eigenvalue weighted by atomic mass is 32.1. The molecule has 1 heterocycles. The average molecular weight is 246 g/mol. The molecule has 0 bridgehead atoms. The second-order valence-corrected chi connectivity index (χ2v) is 5.08. The molecule has 0 fully saturated rings. The molecular weight excluding hydrogens is 228 g/mol. The van der Waals surface area contributed by atoms with Crippen LogP contribution in [0.3, 0.4) is 0 Å². The maximum Gasteiger partial charge on any atom is 0.123 e. The van der Waals surface area contributed by atoms with E-state index in [9.17, 15) is 0 Å². The van der Waals surface area contributed by atoms with Gasteiger partial charge >= 0.3 is 0 Å². The van der Waals surface area contributed by atoms with E-state index in [2.05, 4.69) is 46.9 Å². The molecule has 0 amide bonds. The Morgan fingerprint density at radius 2 is 2.00 bits per heavy atom. The van der Waals surface area contributed by atoms with Gasteiger partial charge in [-0.3, -0.25) is 0 Å². The number of hydrogen-bond acceptors (Lipinski definition) is 3. The monoisotopic (exact) mass is 246 g/mol. The van der Waals surface area contributed by atoms with Crippen molar-refractivity contribution in [2.75, 3.05) is 13.6 Å². The summed E-state index contributed by atoms with van der Waals surface area (Å²) in [5.74, 6) is 0. The maximum atomic E-state index is 4.67. The van der Waals surface area contributed by atoms with E-state index < -0.39 is 0 Å². The van der Waals surface area contributed by atoms with Crippen LogP contribution in [0.1, 0.15) is 17.7 Å². The zero-order chi connectivity index (χ0) is 12.1. The van der Waals surface area contributed by atoms with Crippen LogP contribution >= 0.6 is 11.3 Å². The lowest BCUT2D eigenvalue weighted by molar-refractivity contribution is 0.718. The van der Waals surface area contributed by atoms with Crippen LogP contribution in [0.5, 0.6) is 0 Å². The van der Waals surface area contributed by atoms with Gasteiger partial charge in [-0.2, -0.15) is 0 Å². The minimum atomic E-state index is 1.05. The normalized spacial score (nSPS) is 10.7. The highest BCUT2D eigenvalue weighted by Crippen LogP contribution is 2.24. The van der Waals surface area contributed by atoms with Gasteiger partial charge in [-0.05, 0) is 33.4 Å². The zero-order valence-corrected chi connectivity index (χ0v) is 11.2. The minimum Gasteiger partial charge on any atom is -0.320 e. The number of aryl methyl sites for hydroxylation is 2. The van der Waals surface area contributed by atoms with Crippen LogP contribution in [-0.4, -0.2) is 18.6 Å². The standard InChI is InChI=1S/C14H18N2S/c1-11-5-7-12(8-6-11)14-16-13(10-17-14)4-3-9-15-2/h5-8,10,15H,3-4,9H2,1-2H3. The number of rotatable bonds is 5. The van der Waals surface area contributed by atoms with Gasteiger partial charge in [0.25, 0.3) is 0 Å². The fourth-order valence-electron chi connectivity index (χ4n) is 1.70. The van der Waals surface area contributed by atoms with E-state index in [1.54, 1.807) is 11.3 Å². The molecule has 90 valence electrons. The number of benzene rings is 1. The van der Waals surface area contributed by atoms with Gasteiger partial charge in [0.15, 0.2) is 0 Å². The summed E-state index contributed by atoms with van der Waals surface area (Å²) in [5.41, 5.74) is 3.72. The van der Waals surface area contributed by atoms with Crippen LogP contribution in [0.2, 0.25) is 0 Å². The predicted octanol–water partition coefficient (Wildman–Crippen LogP) is 3.27. The molecule has 0 unspecified atom stereocenters. The van der Waals surface area contributed by atoms with Crippen LogP contribution in [-0.2, 0) is 6.42 Å². The summed E-state index contributed by atoms with van der Waals surface area (Å²) in [6, 6.07) is 8.56. The van der Waals surface area contributed by atoms with Gasteiger partial charge in [-0.25, -0.2) is 4.98 Å². The molecule has 0 aliphatic heterocycles. The molecule has 17 heavy (non-hydrogen) atoms. The van der Waals surface area contributed by atoms with Crippen molar-refractivity contribution in [3.63, 3.8) is 0 Å². The molecule has 3 heteroatoms. The van der Waals surface area contributed by atoms with E-state index in [4.69, 9.17) is 0 Å². The zero-order valence-electron chi connectivity index (χ0n) is 10.4. The number of nitrogens with zero attached hydrogens (tertiary/aromatic N) is 1. The molecule has 0 radical (unpaired) electrons. The SMILES string of the molecule is CNCCCc1csc(-c2ccc(C)cc2)n1. The maximum absolute atomic E-state index is 4.67. The molecular formula is C14H18N2S. The molecule has 0 atom stereocenters. The molecule has 1 N–H and O–H groups in total. The Kier molecular flexibility index (Phi) is 4.29. The highest BCUT2D eigenvalue weighted by Gasteiger charge is 2.04. The fraction of sp³-hybridized carbons (Fsp3) is 0.357. The highest BCUT2D eigenvalue weighted by molar-refractivity contribution is 7.13. The van der Waals surface area contributed by atoms with Gasteiger partial charge in [0.2, 0.25) is 0 Å². The van der Waals surface area contributed by atoms with Crippen LogP contribution in [0.25, 0.3) is 10.6 Å². The van der Waals surface area contributed by atoms with Crippen molar-refractivity contribution < 1.29 is 0 Å². The van der Waals surface area contributed by atoms with Crippen molar-refractivity contribution in [3.8, 4) is 10.6 Å². The Hall–Kier alpha value is -1.19. The summed E-state index contributed by atoms with van der Waals surface area (Å²) < 4.78 is 0. The van der Waals surface area contributed by atoms with E-state index in [1.165, 1.54) is 16.8 Å². The van der Waals surface area contributed by atoms with Crippen LogP contribution in [0.4, 0.5) is 0 Å². The number of nitrogens with one attached hydrogen (secondary N) is 1. The van der Waals surface area contributed by atoms with Gasteiger partial charge in [-0.15, -0.1) is 11.3 Å². The van der Waals surface area contributed by atoms with Gasteiger partial charge in [0.05, 0.1) is 5.69 Å². The van der Waals surface area contributed by atoms with E-state index in [-0.39, 0.29) is 0 Å². The van der Waals surface area contributed by atoms with Gasteiger partial charge in [-0.1, -0.05) is 29.8 Å². The molecule has 1 aromatic carbocycles. The molecule has 2 rings (SSSR count). The summed E-state index contributed by atoms with van der Waals surface area (Å²) in [5, 5.41) is 6.46. The predicted molar refractivity (Wildman–Crippen MR) is 74.5 cm³/mol. The third-order valence-corrected chi connectivity index (χ3v) is 3.65. The first-order valence-electron chi connectivity index (χ1n) is 5.95. The topological polar surface area (TPSA) is 24.9 Å². The second kappa shape index (κ2) is 5.94. The average Bonchev–Trinajstić information content (AvgIpc) is 2.79. The number of aromatic nitrogens is 1. The summed E-state index contributed by atoms with van der Waals surface area (Å²) >= 11 is 1.74. The van der Waals surface area contributed by atoms with Gasteiger partial charge in [0, 0.05) is 10.9 Å². The largest absolute Gasteiger partial charge is 0.320 e. The van der Waals surface area contributed by atoms with E-state index in [0.717, 1.165) is 24.4 Å². The van der Waals surface area contributed by atoms with E-state index in [0.29, 0.717) is 0 Å². The van der Waals surface area contributed by atoms with Crippen molar-refractivity contribution in [2.24, 2.45) is 0 Å². The van der Waals surface area contributed by atoms with Gasteiger partial charge < -0.3 is 5.32 Å². The van der Waals surface area contributed by atoms with E-state index >= 15 is 0 Å². The smallest absolute Gasteiger partial charge is 0.123 e. The summed E-state index contributed by atoms with van der Waals surface area (Å²) in [6.07, 6.45) is 2.21. The molecule has 0 saturated heterocycles. The summed E-state index contributed by atoms with van der Waals surface area (Å²) in [6.45, 7) is 3.16. The van der Waals surface area contributed by atoms with Crippen molar-refractivity contribution in [1.29, 1.82) is 0 Å². The van der Waals surface area contributed by atoms with E-state index in [1.807, 2.05) is 7.05 Å². The van der Waals surface area contributed by atoms with Crippen LogP contribution < -0.4 is 5.32 Å². The Balaban J connectivity index is 2.04. The molecule has 1 aromatic heterocycles. The first kappa shape index (κ1) is 12.3. The number of hydrogen-bond donors (Lipinski definition) is 1. The third-order valence-electron chi connectivity index (χ3n) is 2.71. The molecule has 0 saturated carbocycles. The quantitative estimate of drug-likeness (QED) is 0.819. The molecule has 2 aromatic rings. The van der Waals surface area contributed by atoms with Crippen LogP contribution in [0, 0.1) is 6.92 Å². The van der Waals surface area contributed by atoms with Crippen molar-refractivity contribution in [1.82, 2.24) is 10.3 Å². The lowest BCUT2D eigenvalue weighted by Crippen LogP contribution is -2.08. The Labute approximate surface area is 107 Å². The van der Waals surface area contributed by atoms with Crippen LogP contribution in [0.15, 0.2) is 29.6 Å². The van der Waals surface area contributed by atoms with Gasteiger partial charge in [0.1, 0.15) is 5.01 Å². The Morgan fingerprint density at radius 1 is 1.24 bits per heavy atom. The lowest BCUT2D eigenvalue weighted by Gasteiger charge is -1.98. The summed E-state index contributed by atoms with van der Waals surface area (Å²) in [7, 11) is 1.98. The molecule has 2 nitrogen and oxygen atoms in total. The second-order valence-electron chi connectivity index (χ2n) is 4.22.